The second-order valence-electron chi connectivity index (χ2n) is 4.67. The number of amides is 1. The average molecular weight is 308 g/mol. The van der Waals surface area contributed by atoms with E-state index in [0.29, 0.717) is 6.42 Å². The highest BCUT2D eigenvalue weighted by molar-refractivity contribution is 9.10. The average Bonchev–Trinajstić information content (AvgIpc) is 2.98. The number of hydrogen-bond acceptors (Lipinski definition) is 2. The molecule has 0 N–H and O–H groups in total. The molecule has 0 radical (unpaired) electrons. The van der Waals surface area contributed by atoms with Gasteiger partial charge in [0.05, 0.1) is 12.7 Å². The molecule has 2 aromatic rings. The molecule has 0 atom stereocenters. The molecule has 94 valence electrons. The number of fused-ring (bicyclic) bond motifs is 1. The van der Waals surface area contributed by atoms with Gasteiger partial charge >= 0.3 is 0 Å². The van der Waals surface area contributed by atoms with Crippen LogP contribution in [-0.4, -0.2) is 23.9 Å². The Morgan fingerprint density at radius 2 is 2.11 bits per heavy atom. The third kappa shape index (κ3) is 2.17. The van der Waals surface area contributed by atoms with E-state index >= 15 is 0 Å². The first kappa shape index (κ1) is 11.8. The molecule has 18 heavy (non-hydrogen) atoms. The number of rotatable bonds is 2. The monoisotopic (exact) mass is 307 g/mol. The van der Waals surface area contributed by atoms with Gasteiger partial charge in [0.25, 0.3) is 0 Å². The maximum Gasteiger partial charge on any atom is 0.227 e. The van der Waals surface area contributed by atoms with E-state index in [-0.39, 0.29) is 5.91 Å². The van der Waals surface area contributed by atoms with Gasteiger partial charge in [0.1, 0.15) is 5.58 Å². The molecular formula is C14H14BrNO2. The lowest BCUT2D eigenvalue weighted by molar-refractivity contribution is -0.129. The fourth-order valence-corrected chi connectivity index (χ4v) is 2.78. The molecule has 1 aromatic carbocycles. The Kier molecular flexibility index (Phi) is 3.12. The van der Waals surface area contributed by atoms with Gasteiger partial charge in [0, 0.05) is 28.5 Å². The van der Waals surface area contributed by atoms with Crippen LogP contribution >= 0.6 is 15.9 Å². The Morgan fingerprint density at radius 3 is 2.89 bits per heavy atom. The van der Waals surface area contributed by atoms with Crippen LogP contribution < -0.4 is 0 Å². The molecule has 3 rings (SSSR count). The summed E-state index contributed by atoms with van der Waals surface area (Å²) < 4.78 is 6.48. The zero-order valence-electron chi connectivity index (χ0n) is 9.99. The molecule has 0 aliphatic carbocycles. The van der Waals surface area contributed by atoms with Crippen molar-refractivity contribution in [2.75, 3.05) is 13.1 Å². The van der Waals surface area contributed by atoms with Gasteiger partial charge in [-0.2, -0.15) is 0 Å². The van der Waals surface area contributed by atoms with Crippen LogP contribution in [0.4, 0.5) is 0 Å². The van der Waals surface area contributed by atoms with Crippen LogP contribution in [-0.2, 0) is 11.2 Å². The highest BCUT2D eigenvalue weighted by Crippen LogP contribution is 2.25. The minimum absolute atomic E-state index is 0.207. The van der Waals surface area contributed by atoms with Crippen molar-refractivity contribution in [3.8, 4) is 0 Å². The first-order valence-corrected chi connectivity index (χ1v) is 6.97. The smallest absolute Gasteiger partial charge is 0.227 e. The van der Waals surface area contributed by atoms with Gasteiger partial charge in [-0.25, -0.2) is 0 Å². The van der Waals surface area contributed by atoms with E-state index in [1.807, 2.05) is 23.1 Å². The van der Waals surface area contributed by atoms with E-state index in [0.717, 1.165) is 46.9 Å². The third-order valence-corrected chi connectivity index (χ3v) is 3.91. The zero-order chi connectivity index (χ0) is 12.5. The van der Waals surface area contributed by atoms with Crippen LogP contribution in [0.2, 0.25) is 0 Å². The first-order valence-electron chi connectivity index (χ1n) is 6.17. The number of furan rings is 1. The topological polar surface area (TPSA) is 33.5 Å². The number of benzene rings is 1. The van der Waals surface area contributed by atoms with E-state index in [1.165, 1.54) is 0 Å². The zero-order valence-corrected chi connectivity index (χ0v) is 11.6. The lowest BCUT2D eigenvalue weighted by Gasteiger charge is -2.14. The molecule has 0 saturated carbocycles. The van der Waals surface area contributed by atoms with Crippen molar-refractivity contribution in [3.63, 3.8) is 0 Å². The molecule has 1 fully saturated rings. The standard InChI is InChI=1S/C14H14BrNO2/c15-11-3-4-12-10(9-18-13(12)8-11)7-14(17)16-5-1-2-6-16/h3-4,8-9H,1-2,5-7H2. The van der Waals surface area contributed by atoms with Crippen molar-refractivity contribution >= 4 is 32.8 Å². The first-order chi connectivity index (χ1) is 8.74. The molecule has 1 aromatic heterocycles. The third-order valence-electron chi connectivity index (χ3n) is 3.42. The molecule has 4 heteroatoms. The Hall–Kier alpha value is -1.29. The molecule has 1 saturated heterocycles. The van der Waals surface area contributed by atoms with Crippen molar-refractivity contribution in [1.82, 2.24) is 4.90 Å². The predicted molar refractivity (Wildman–Crippen MR) is 73.4 cm³/mol. The van der Waals surface area contributed by atoms with E-state index in [1.54, 1.807) is 6.26 Å². The van der Waals surface area contributed by atoms with Crippen LogP contribution in [0, 0.1) is 0 Å². The maximum absolute atomic E-state index is 12.1. The molecule has 0 bridgehead atoms. The Morgan fingerprint density at radius 1 is 1.33 bits per heavy atom. The van der Waals surface area contributed by atoms with Crippen LogP contribution in [0.3, 0.4) is 0 Å². The van der Waals surface area contributed by atoms with Crippen LogP contribution in [0.25, 0.3) is 11.0 Å². The Bertz CT molecular complexity index is 584. The van der Waals surface area contributed by atoms with Gasteiger partial charge in [0.2, 0.25) is 5.91 Å². The van der Waals surface area contributed by atoms with Gasteiger partial charge < -0.3 is 9.32 Å². The summed E-state index contributed by atoms with van der Waals surface area (Å²) in [6.45, 7) is 1.81. The number of carbonyl (C=O) groups excluding carboxylic acids is 1. The number of carbonyl (C=O) groups is 1. The van der Waals surface area contributed by atoms with E-state index in [9.17, 15) is 4.79 Å². The van der Waals surface area contributed by atoms with Crippen molar-refractivity contribution in [2.45, 2.75) is 19.3 Å². The highest BCUT2D eigenvalue weighted by atomic mass is 79.9. The normalized spacial score (nSPS) is 15.5. The quantitative estimate of drug-likeness (QED) is 0.852. The van der Waals surface area contributed by atoms with Crippen molar-refractivity contribution in [1.29, 1.82) is 0 Å². The summed E-state index contributed by atoms with van der Waals surface area (Å²) in [5.74, 6) is 0.207. The molecule has 0 spiro atoms. The van der Waals surface area contributed by atoms with Gasteiger partial charge in [-0.05, 0) is 31.0 Å². The SMILES string of the molecule is O=C(Cc1coc2cc(Br)ccc12)N1CCCC1. The fraction of sp³-hybridized carbons (Fsp3) is 0.357. The second-order valence-corrected chi connectivity index (χ2v) is 5.58. The maximum atomic E-state index is 12.1. The minimum Gasteiger partial charge on any atom is -0.464 e. The van der Waals surface area contributed by atoms with E-state index in [4.69, 9.17) is 4.42 Å². The molecule has 2 heterocycles. The number of hydrogen-bond donors (Lipinski definition) is 0. The molecule has 1 aliphatic heterocycles. The van der Waals surface area contributed by atoms with E-state index < -0.39 is 0 Å². The molecule has 3 nitrogen and oxygen atoms in total. The van der Waals surface area contributed by atoms with Crippen molar-refractivity contribution < 1.29 is 9.21 Å². The van der Waals surface area contributed by atoms with Crippen LogP contribution in [0.15, 0.2) is 33.4 Å². The minimum atomic E-state index is 0.207. The van der Waals surface area contributed by atoms with Gasteiger partial charge in [0.15, 0.2) is 0 Å². The Labute approximate surface area is 114 Å². The lowest BCUT2D eigenvalue weighted by Crippen LogP contribution is -2.28. The van der Waals surface area contributed by atoms with Crippen LogP contribution in [0.1, 0.15) is 18.4 Å². The summed E-state index contributed by atoms with van der Waals surface area (Å²) in [5.41, 5.74) is 1.81. The highest BCUT2D eigenvalue weighted by Gasteiger charge is 2.19. The van der Waals surface area contributed by atoms with Gasteiger partial charge in [-0.3, -0.25) is 4.79 Å². The summed E-state index contributed by atoms with van der Waals surface area (Å²) in [7, 11) is 0. The van der Waals surface area contributed by atoms with Gasteiger partial charge in [-0.1, -0.05) is 15.9 Å². The summed E-state index contributed by atoms with van der Waals surface area (Å²) in [6, 6.07) is 5.90. The van der Waals surface area contributed by atoms with Gasteiger partial charge in [-0.15, -0.1) is 0 Å². The molecule has 0 unspecified atom stereocenters. The van der Waals surface area contributed by atoms with Crippen LogP contribution in [0.5, 0.6) is 0 Å². The molecule has 1 amide bonds. The lowest BCUT2D eigenvalue weighted by atomic mass is 10.1. The summed E-state index contributed by atoms with van der Waals surface area (Å²) >= 11 is 3.41. The number of likely N-dealkylation sites (tertiary alicyclic amines) is 1. The molecular weight excluding hydrogens is 294 g/mol. The van der Waals surface area contributed by atoms with E-state index in [2.05, 4.69) is 15.9 Å². The Balaban J connectivity index is 1.84. The number of halogens is 1. The number of nitrogens with zero attached hydrogens (tertiary/aromatic N) is 1. The summed E-state index contributed by atoms with van der Waals surface area (Å²) in [5, 5.41) is 1.03. The predicted octanol–water partition coefficient (Wildman–Crippen LogP) is 3.36. The summed E-state index contributed by atoms with van der Waals surface area (Å²) in [4.78, 5) is 14.0. The summed E-state index contributed by atoms with van der Waals surface area (Å²) in [6.07, 6.45) is 4.40. The molecule has 1 aliphatic rings. The second kappa shape index (κ2) is 4.76. The fourth-order valence-electron chi connectivity index (χ4n) is 2.44. The largest absolute Gasteiger partial charge is 0.464 e. The van der Waals surface area contributed by atoms with Crippen molar-refractivity contribution in [3.05, 3.63) is 34.5 Å². The van der Waals surface area contributed by atoms with Crippen molar-refractivity contribution in [2.24, 2.45) is 0 Å².